The number of aliphatic carboxylic acids is 1. The lowest BCUT2D eigenvalue weighted by Crippen LogP contribution is -2.30. The summed E-state index contributed by atoms with van der Waals surface area (Å²) in [6, 6.07) is 5.78. The van der Waals surface area contributed by atoms with Crippen LogP contribution in [0.2, 0.25) is 0 Å². The van der Waals surface area contributed by atoms with E-state index in [1.807, 2.05) is 18.2 Å². The lowest BCUT2D eigenvalue weighted by atomic mass is 10.1. The van der Waals surface area contributed by atoms with E-state index in [9.17, 15) is 9.90 Å². The molecule has 0 heterocycles. The Morgan fingerprint density at radius 2 is 2.26 bits per heavy atom. The Bertz CT molecular complexity index is 425. The van der Waals surface area contributed by atoms with Crippen LogP contribution in [0.15, 0.2) is 22.7 Å². The van der Waals surface area contributed by atoms with Gasteiger partial charge in [0.05, 0.1) is 19.6 Å². The molecule has 1 atom stereocenters. The average Bonchev–Trinajstić information content (AvgIpc) is 2.34. The fraction of sp³-hybridized carbons (Fsp3) is 0.462. The quantitative estimate of drug-likeness (QED) is 0.628. The van der Waals surface area contributed by atoms with Crippen molar-refractivity contribution in [3.8, 4) is 5.75 Å². The third kappa shape index (κ3) is 6.04. The molecule has 0 aliphatic rings. The Morgan fingerprint density at radius 1 is 1.53 bits per heavy atom. The van der Waals surface area contributed by atoms with Gasteiger partial charge in [0.2, 0.25) is 0 Å². The number of ether oxygens (including phenoxy) is 1. The molecule has 5 nitrogen and oxygen atoms in total. The number of carboxylic acids is 1. The van der Waals surface area contributed by atoms with E-state index < -0.39 is 12.1 Å². The van der Waals surface area contributed by atoms with E-state index in [-0.39, 0.29) is 13.0 Å². The SMILES string of the molecule is COc1ccc(Br)cc1CCNCC(O)CC(=O)O. The first-order valence-electron chi connectivity index (χ1n) is 5.96. The van der Waals surface area contributed by atoms with E-state index in [1.165, 1.54) is 0 Å². The number of hydrogen-bond donors (Lipinski definition) is 3. The second-order valence-corrected chi connectivity index (χ2v) is 5.08. The number of aliphatic hydroxyl groups is 1. The number of halogens is 1. The maximum absolute atomic E-state index is 10.4. The van der Waals surface area contributed by atoms with E-state index in [0.29, 0.717) is 6.54 Å². The van der Waals surface area contributed by atoms with Crippen LogP contribution in [0.1, 0.15) is 12.0 Å². The monoisotopic (exact) mass is 331 g/mol. The maximum atomic E-state index is 10.4. The Hall–Kier alpha value is -1.11. The van der Waals surface area contributed by atoms with Gasteiger partial charge in [-0.25, -0.2) is 0 Å². The van der Waals surface area contributed by atoms with Crippen LogP contribution in [0, 0.1) is 0 Å². The van der Waals surface area contributed by atoms with Gasteiger partial charge in [0.25, 0.3) is 0 Å². The predicted molar refractivity (Wildman–Crippen MR) is 75.5 cm³/mol. The zero-order valence-corrected chi connectivity index (χ0v) is 12.3. The third-order valence-corrected chi connectivity index (χ3v) is 3.10. The second-order valence-electron chi connectivity index (χ2n) is 4.16. The summed E-state index contributed by atoms with van der Waals surface area (Å²) in [6.07, 6.45) is -0.364. The highest BCUT2D eigenvalue weighted by Crippen LogP contribution is 2.23. The van der Waals surface area contributed by atoms with Gasteiger partial charge in [0, 0.05) is 11.0 Å². The number of rotatable bonds is 8. The first kappa shape index (κ1) is 15.9. The molecule has 0 aliphatic carbocycles. The number of aliphatic hydroxyl groups excluding tert-OH is 1. The lowest BCUT2D eigenvalue weighted by Gasteiger charge is -2.11. The van der Waals surface area contributed by atoms with Gasteiger partial charge in [-0.15, -0.1) is 0 Å². The summed E-state index contributed by atoms with van der Waals surface area (Å²) < 4.78 is 6.24. The highest BCUT2D eigenvalue weighted by Gasteiger charge is 2.09. The van der Waals surface area contributed by atoms with Crippen molar-refractivity contribution in [2.45, 2.75) is 18.9 Å². The summed E-state index contributed by atoms with van der Waals surface area (Å²) in [7, 11) is 1.62. The lowest BCUT2D eigenvalue weighted by molar-refractivity contribution is -0.139. The van der Waals surface area contributed by atoms with Crippen molar-refractivity contribution in [2.24, 2.45) is 0 Å². The third-order valence-electron chi connectivity index (χ3n) is 2.60. The molecule has 6 heteroatoms. The van der Waals surface area contributed by atoms with Gasteiger partial charge in [-0.05, 0) is 36.7 Å². The first-order chi connectivity index (χ1) is 9.02. The van der Waals surface area contributed by atoms with Gasteiger partial charge in [-0.2, -0.15) is 0 Å². The van der Waals surface area contributed by atoms with Crippen LogP contribution in [-0.4, -0.2) is 42.5 Å². The van der Waals surface area contributed by atoms with Gasteiger partial charge in [-0.1, -0.05) is 15.9 Å². The molecule has 19 heavy (non-hydrogen) atoms. The molecule has 0 bridgehead atoms. The highest BCUT2D eigenvalue weighted by molar-refractivity contribution is 9.10. The van der Waals surface area contributed by atoms with Gasteiger partial charge in [0.15, 0.2) is 0 Å². The van der Waals surface area contributed by atoms with Crippen LogP contribution in [0.25, 0.3) is 0 Å². The largest absolute Gasteiger partial charge is 0.496 e. The Labute approximate surface area is 120 Å². The van der Waals surface area contributed by atoms with Crippen molar-refractivity contribution in [3.63, 3.8) is 0 Å². The van der Waals surface area contributed by atoms with Crippen molar-refractivity contribution in [1.82, 2.24) is 5.32 Å². The topological polar surface area (TPSA) is 78.8 Å². The molecule has 106 valence electrons. The Kier molecular flexibility index (Phi) is 6.83. The molecule has 1 rings (SSSR count). The summed E-state index contributed by atoms with van der Waals surface area (Å²) >= 11 is 3.40. The molecular weight excluding hydrogens is 314 g/mol. The highest BCUT2D eigenvalue weighted by atomic mass is 79.9. The number of nitrogens with one attached hydrogen (secondary N) is 1. The molecule has 0 fully saturated rings. The van der Waals surface area contributed by atoms with Gasteiger partial charge < -0.3 is 20.3 Å². The number of hydrogen-bond acceptors (Lipinski definition) is 4. The van der Waals surface area contributed by atoms with Gasteiger partial charge >= 0.3 is 5.97 Å². The molecule has 0 aromatic heterocycles. The van der Waals surface area contributed by atoms with E-state index in [2.05, 4.69) is 21.2 Å². The molecule has 3 N–H and O–H groups in total. The standard InChI is InChI=1S/C13H18BrNO4/c1-19-12-3-2-10(14)6-9(12)4-5-15-8-11(16)7-13(17)18/h2-3,6,11,15-16H,4-5,7-8H2,1H3,(H,17,18). The van der Waals surface area contributed by atoms with Crippen molar-refractivity contribution in [3.05, 3.63) is 28.2 Å². The predicted octanol–water partition coefficient (Wildman–Crippen LogP) is 1.43. The van der Waals surface area contributed by atoms with Crippen LogP contribution >= 0.6 is 15.9 Å². The molecular formula is C13H18BrNO4. The number of carbonyl (C=O) groups is 1. The normalized spacial score (nSPS) is 12.2. The van der Waals surface area contributed by atoms with Gasteiger partial charge in [-0.3, -0.25) is 4.79 Å². The summed E-state index contributed by atoms with van der Waals surface area (Å²) in [4.78, 5) is 10.4. The zero-order chi connectivity index (χ0) is 14.3. The molecule has 1 aromatic carbocycles. The second kappa shape index (κ2) is 8.14. The molecule has 1 aromatic rings. The number of methoxy groups -OCH3 is 1. The van der Waals surface area contributed by atoms with Crippen molar-refractivity contribution in [2.75, 3.05) is 20.2 Å². The molecule has 0 saturated carbocycles. The Morgan fingerprint density at radius 3 is 2.89 bits per heavy atom. The molecule has 0 saturated heterocycles. The number of benzene rings is 1. The van der Waals surface area contributed by atoms with Crippen molar-refractivity contribution < 1.29 is 19.7 Å². The number of carboxylic acid groups (broad SMARTS) is 1. The summed E-state index contributed by atoms with van der Waals surface area (Å²) in [5, 5.41) is 20.9. The summed E-state index contributed by atoms with van der Waals surface area (Å²) in [5.74, 6) is -0.181. The first-order valence-corrected chi connectivity index (χ1v) is 6.75. The summed E-state index contributed by atoms with van der Waals surface area (Å²) in [5.41, 5.74) is 1.05. The fourth-order valence-corrected chi connectivity index (χ4v) is 2.12. The van der Waals surface area contributed by atoms with E-state index in [0.717, 1.165) is 22.2 Å². The summed E-state index contributed by atoms with van der Waals surface area (Å²) in [6.45, 7) is 0.909. The molecule has 1 unspecified atom stereocenters. The molecule has 0 aliphatic heterocycles. The van der Waals surface area contributed by atoms with Gasteiger partial charge in [0.1, 0.15) is 5.75 Å². The van der Waals surface area contributed by atoms with Crippen LogP contribution in [0.5, 0.6) is 5.75 Å². The smallest absolute Gasteiger partial charge is 0.306 e. The zero-order valence-electron chi connectivity index (χ0n) is 10.7. The molecule has 0 spiro atoms. The van der Waals surface area contributed by atoms with E-state index in [4.69, 9.17) is 9.84 Å². The molecule has 0 amide bonds. The van der Waals surface area contributed by atoms with E-state index >= 15 is 0 Å². The van der Waals surface area contributed by atoms with Crippen LogP contribution in [0.3, 0.4) is 0 Å². The van der Waals surface area contributed by atoms with Crippen molar-refractivity contribution in [1.29, 1.82) is 0 Å². The average molecular weight is 332 g/mol. The van der Waals surface area contributed by atoms with Crippen molar-refractivity contribution >= 4 is 21.9 Å². The van der Waals surface area contributed by atoms with Crippen LogP contribution in [-0.2, 0) is 11.2 Å². The minimum atomic E-state index is -0.997. The molecule has 0 radical (unpaired) electrons. The van der Waals surface area contributed by atoms with Crippen LogP contribution in [0.4, 0.5) is 0 Å². The fourth-order valence-electron chi connectivity index (χ4n) is 1.71. The maximum Gasteiger partial charge on any atom is 0.306 e. The van der Waals surface area contributed by atoms with Crippen LogP contribution < -0.4 is 10.1 Å². The minimum absolute atomic E-state index is 0.243. The van der Waals surface area contributed by atoms with E-state index in [1.54, 1.807) is 7.11 Å². The Balaban J connectivity index is 2.37. The minimum Gasteiger partial charge on any atom is -0.496 e.